The summed E-state index contributed by atoms with van der Waals surface area (Å²) < 4.78 is 0.381. The highest BCUT2D eigenvalue weighted by Crippen LogP contribution is 2.23. The van der Waals surface area contributed by atoms with Crippen LogP contribution < -0.4 is 0 Å². The minimum Gasteiger partial charge on any atom is -0.128 e. The van der Waals surface area contributed by atoms with Gasteiger partial charge in [-0.05, 0) is 11.8 Å². The first-order valence-corrected chi connectivity index (χ1v) is 4.27. The third-order valence-electron chi connectivity index (χ3n) is 0.754. The van der Waals surface area contributed by atoms with E-state index in [4.69, 9.17) is 0 Å². The molecule has 0 heterocycles. The van der Waals surface area contributed by atoms with Crippen molar-refractivity contribution >= 4 is 11.8 Å². The Morgan fingerprint density at radius 1 is 1.33 bits per heavy atom. The van der Waals surface area contributed by atoms with E-state index in [0.717, 1.165) is 6.42 Å². The second-order valence-electron chi connectivity index (χ2n) is 3.01. The molecule has 0 bridgehead atoms. The minimum absolute atomic E-state index is 0.381. The highest BCUT2D eigenvalue weighted by atomic mass is 32.2. The van der Waals surface area contributed by atoms with Crippen LogP contribution in [0.4, 0.5) is 0 Å². The Bertz CT molecular complexity index is 87.2. The molecule has 0 aliphatic heterocycles. The van der Waals surface area contributed by atoms with Crippen molar-refractivity contribution in [1.82, 2.24) is 0 Å². The first-order valence-electron chi connectivity index (χ1n) is 3.39. The molecule has 0 spiro atoms. The van der Waals surface area contributed by atoms with Gasteiger partial charge in [0.2, 0.25) is 0 Å². The molecule has 0 rings (SSSR count). The highest BCUT2D eigenvalue weighted by molar-refractivity contribution is 8.03. The summed E-state index contributed by atoms with van der Waals surface area (Å²) in [5.74, 6) is 0. The maximum atomic E-state index is 2.22. The van der Waals surface area contributed by atoms with Crippen LogP contribution in [0.5, 0.6) is 0 Å². The Labute approximate surface area is 62.7 Å². The molecule has 1 heteroatoms. The molecule has 9 heavy (non-hydrogen) atoms. The van der Waals surface area contributed by atoms with Gasteiger partial charge in [0.25, 0.3) is 0 Å². The fourth-order valence-corrected chi connectivity index (χ4v) is 1.05. The molecule has 0 atom stereocenters. The standard InChI is InChI=1S/C8H16S/c1-5-6-7-9-8(2,3)4/h6-7H,5H2,1-4H3. The molecule has 0 aliphatic rings. The summed E-state index contributed by atoms with van der Waals surface area (Å²) in [6.45, 7) is 8.81. The lowest BCUT2D eigenvalue weighted by Gasteiger charge is -2.13. The van der Waals surface area contributed by atoms with Gasteiger partial charge in [-0.3, -0.25) is 0 Å². The maximum absolute atomic E-state index is 2.22. The predicted molar refractivity (Wildman–Crippen MR) is 46.8 cm³/mol. The fourth-order valence-electron chi connectivity index (χ4n) is 0.348. The molecule has 0 aliphatic carbocycles. The van der Waals surface area contributed by atoms with Gasteiger partial charge in [0, 0.05) is 4.75 Å². The van der Waals surface area contributed by atoms with Gasteiger partial charge in [0.05, 0.1) is 0 Å². The van der Waals surface area contributed by atoms with Crippen molar-refractivity contribution in [1.29, 1.82) is 0 Å². The number of hydrogen-bond donors (Lipinski definition) is 0. The van der Waals surface area contributed by atoms with Crippen LogP contribution in [0.2, 0.25) is 0 Å². The molecule has 0 amide bonds. The van der Waals surface area contributed by atoms with Crippen molar-refractivity contribution in [3.63, 3.8) is 0 Å². The Morgan fingerprint density at radius 3 is 2.22 bits per heavy atom. The molecule has 0 aromatic rings. The summed E-state index contributed by atoms with van der Waals surface area (Å²) in [4.78, 5) is 0. The average molecular weight is 144 g/mol. The zero-order valence-corrected chi connectivity index (χ0v) is 7.59. The van der Waals surface area contributed by atoms with Crippen molar-refractivity contribution < 1.29 is 0 Å². The number of thioether (sulfide) groups is 1. The minimum atomic E-state index is 0.381. The zero-order valence-electron chi connectivity index (χ0n) is 6.77. The molecule has 0 fully saturated rings. The second-order valence-corrected chi connectivity index (χ2v) is 4.74. The Kier molecular flexibility index (Phi) is 4.03. The SMILES string of the molecule is CCC=CSC(C)(C)C. The average Bonchev–Trinajstić information content (AvgIpc) is 1.63. The van der Waals surface area contributed by atoms with E-state index in [1.807, 2.05) is 11.8 Å². The predicted octanol–water partition coefficient (Wildman–Crippen LogP) is 3.44. The largest absolute Gasteiger partial charge is 0.128 e. The third-order valence-corrected chi connectivity index (χ3v) is 1.79. The van der Waals surface area contributed by atoms with Gasteiger partial charge in [0.1, 0.15) is 0 Å². The van der Waals surface area contributed by atoms with E-state index in [0.29, 0.717) is 4.75 Å². The smallest absolute Gasteiger partial charge is 0.0116 e. The van der Waals surface area contributed by atoms with Gasteiger partial charge in [-0.15, -0.1) is 11.8 Å². The molecule has 0 saturated heterocycles. The van der Waals surface area contributed by atoms with Crippen LogP contribution >= 0.6 is 11.8 Å². The van der Waals surface area contributed by atoms with Crippen LogP contribution in [0.15, 0.2) is 11.5 Å². The lowest BCUT2D eigenvalue weighted by atomic mass is 10.3. The van der Waals surface area contributed by atoms with E-state index >= 15 is 0 Å². The van der Waals surface area contributed by atoms with Crippen LogP contribution in [0.3, 0.4) is 0 Å². The van der Waals surface area contributed by atoms with Crippen LogP contribution in [0.1, 0.15) is 34.1 Å². The maximum Gasteiger partial charge on any atom is 0.0116 e. The summed E-state index contributed by atoms with van der Waals surface area (Å²) >= 11 is 1.88. The molecular weight excluding hydrogens is 128 g/mol. The molecule has 0 N–H and O–H groups in total. The summed E-state index contributed by atoms with van der Waals surface area (Å²) in [6, 6.07) is 0. The van der Waals surface area contributed by atoms with Crippen LogP contribution in [0, 0.1) is 0 Å². The summed E-state index contributed by atoms with van der Waals surface area (Å²) in [5, 5.41) is 2.18. The third kappa shape index (κ3) is 8.09. The van der Waals surface area contributed by atoms with Gasteiger partial charge in [-0.25, -0.2) is 0 Å². The molecular formula is C8H16S. The molecule has 0 aromatic carbocycles. The van der Waals surface area contributed by atoms with E-state index in [9.17, 15) is 0 Å². The second kappa shape index (κ2) is 3.99. The van der Waals surface area contributed by atoms with Crippen molar-refractivity contribution in [2.24, 2.45) is 0 Å². The van der Waals surface area contributed by atoms with Gasteiger partial charge in [-0.2, -0.15) is 0 Å². The summed E-state index contributed by atoms with van der Waals surface area (Å²) in [5.41, 5.74) is 0. The van der Waals surface area contributed by atoms with Crippen molar-refractivity contribution in [2.75, 3.05) is 0 Å². The number of hydrogen-bond acceptors (Lipinski definition) is 1. The highest BCUT2D eigenvalue weighted by Gasteiger charge is 2.06. The first-order chi connectivity index (χ1) is 4.06. The van der Waals surface area contributed by atoms with Crippen LogP contribution in [-0.4, -0.2) is 4.75 Å². The van der Waals surface area contributed by atoms with Crippen molar-refractivity contribution in [3.05, 3.63) is 11.5 Å². The van der Waals surface area contributed by atoms with Gasteiger partial charge in [-0.1, -0.05) is 33.8 Å². The molecule has 0 aromatic heterocycles. The monoisotopic (exact) mass is 144 g/mol. The lowest BCUT2D eigenvalue weighted by Crippen LogP contribution is -2.04. The Balaban J connectivity index is 3.38. The van der Waals surface area contributed by atoms with Crippen LogP contribution in [-0.2, 0) is 0 Å². The van der Waals surface area contributed by atoms with E-state index in [1.165, 1.54) is 0 Å². The topological polar surface area (TPSA) is 0 Å². The van der Waals surface area contributed by atoms with Crippen molar-refractivity contribution in [3.8, 4) is 0 Å². The fraction of sp³-hybridized carbons (Fsp3) is 0.750. The Hall–Kier alpha value is 0.0900. The van der Waals surface area contributed by atoms with E-state index in [1.54, 1.807) is 0 Å². The molecule has 0 saturated carbocycles. The van der Waals surface area contributed by atoms with Crippen molar-refractivity contribution in [2.45, 2.75) is 38.9 Å². The van der Waals surface area contributed by atoms with E-state index < -0.39 is 0 Å². The molecule has 54 valence electrons. The van der Waals surface area contributed by atoms with Gasteiger partial charge in [0.15, 0.2) is 0 Å². The Morgan fingerprint density at radius 2 is 1.89 bits per heavy atom. The zero-order chi connectivity index (χ0) is 7.33. The van der Waals surface area contributed by atoms with Crippen LogP contribution in [0.25, 0.3) is 0 Å². The summed E-state index contributed by atoms with van der Waals surface area (Å²) in [6.07, 6.45) is 3.33. The first kappa shape index (κ1) is 9.09. The van der Waals surface area contributed by atoms with E-state index in [-0.39, 0.29) is 0 Å². The lowest BCUT2D eigenvalue weighted by molar-refractivity contribution is 0.807. The normalized spacial score (nSPS) is 12.9. The number of rotatable bonds is 2. The van der Waals surface area contributed by atoms with Gasteiger partial charge < -0.3 is 0 Å². The quantitative estimate of drug-likeness (QED) is 0.572. The van der Waals surface area contributed by atoms with Gasteiger partial charge >= 0.3 is 0 Å². The number of allylic oxidation sites excluding steroid dienone is 1. The van der Waals surface area contributed by atoms with E-state index in [2.05, 4.69) is 39.2 Å². The molecule has 0 unspecified atom stereocenters. The molecule has 0 radical (unpaired) electrons. The molecule has 0 nitrogen and oxygen atoms in total. The summed E-state index contributed by atoms with van der Waals surface area (Å²) in [7, 11) is 0.